The molecule has 5 heteroatoms. The second kappa shape index (κ2) is 17.6. The highest BCUT2D eigenvalue weighted by atomic mass is 16.5. The lowest BCUT2D eigenvalue weighted by molar-refractivity contribution is 0.483. The number of nitrogens with zero attached hydrogens (tertiary/aromatic N) is 4. The van der Waals surface area contributed by atoms with Gasteiger partial charge in [-0.25, -0.2) is 4.98 Å². The molecule has 0 bridgehead atoms. The number of aromatic nitrogens is 2. The van der Waals surface area contributed by atoms with E-state index in [-0.39, 0.29) is 51.3 Å². The van der Waals surface area contributed by atoms with E-state index >= 15 is 0 Å². The van der Waals surface area contributed by atoms with Crippen molar-refractivity contribution < 1.29 is 21.2 Å². The van der Waals surface area contributed by atoms with Crippen molar-refractivity contribution in [2.24, 2.45) is 5.92 Å². The Morgan fingerprint density at radius 1 is 0.638 bits per heavy atom. The predicted molar refractivity (Wildman–Crippen MR) is 290 cm³/mol. The van der Waals surface area contributed by atoms with Gasteiger partial charge in [-0.15, -0.1) is 0 Å². The monoisotopic (exact) mass is 911 g/mol. The van der Waals surface area contributed by atoms with Crippen LogP contribution in [0.3, 0.4) is 0 Å². The number of hydrogen-bond donors (Lipinski definition) is 0. The third kappa shape index (κ3) is 8.33. The quantitative estimate of drug-likeness (QED) is 0.137. The summed E-state index contributed by atoms with van der Waals surface area (Å²) in [5, 5.41) is 0.766. The number of fused-ring (bicyclic) bond motifs is 4. The van der Waals surface area contributed by atoms with Crippen molar-refractivity contribution in [3.8, 4) is 50.7 Å². The van der Waals surface area contributed by atoms with Crippen LogP contribution in [0.5, 0.6) is 11.5 Å². The van der Waals surface area contributed by atoms with Crippen LogP contribution in [-0.2, 0) is 11.8 Å². The summed E-state index contributed by atoms with van der Waals surface area (Å²) in [6, 6.07) is 50.0. The molecule has 10 aromatic rings. The molecule has 0 amide bonds. The fourth-order valence-electron chi connectivity index (χ4n) is 9.51. The van der Waals surface area contributed by atoms with Crippen molar-refractivity contribution >= 4 is 44.6 Å². The third-order valence-corrected chi connectivity index (χ3v) is 12.8. The van der Waals surface area contributed by atoms with Crippen LogP contribution < -0.4 is 14.5 Å². The summed E-state index contributed by atoms with van der Waals surface area (Å²) in [5.41, 5.74) is 10.7. The maximum absolute atomic E-state index is 9.35. The first-order chi connectivity index (χ1) is 38.3. The highest BCUT2D eigenvalue weighted by Crippen LogP contribution is 2.51. The average Bonchev–Trinajstić information content (AvgIpc) is 2.66. The van der Waals surface area contributed by atoms with Gasteiger partial charge in [0.2, 0.25) is 0 Å². The molecule has 2 aromatic heterocycles. The molecule has 0 spiro atoms. The van der Waals surface area contributed by atoms with Crippen LogP contribution in [-0.4, -0.2) is 16.2 Å². The minimum Gasteiger partial charge on any atom is -0.457 e. The molecule has 1 aliphatic rings. The van der Waals surface area contributed by atoms with E-state index < -0.39 is 32.2 Å². The second-order valence-corrected chi connectivity index (χ2v) is 18.9. The molecule has 5 nitrogen and oxygen atoms in total. The number of rotatable bonds is 10. The topological polar surface area (TPSA) is 33.5 Å². The molecular weight excluding hydrogens is 841 g/mol. The van der Waals surface area contributed by atoms with E-state index in [1.807, 2.05) is 105 Å². The van der Waals surface area contributed by atoms with Crippen molar-refractivity contribution in [1.29, 1.82) is 0 Å². The third-order valence-electron chi connectivity index (χ3n) is 12.8. The normalized spacial score (nSPS) is 15.7. The summed E-state index contributed by atoms with van der Waals surface area (Å²) in [4.78, 5) is 9.01. The molecule has 0 aliphatic carbocycles. The van der Waals surface area contributed by atoms with E-state index in [1.165, 1.54) is 18.3 Å². The van der Waals surface area contributed by atoms with E-state index in [2.05, 4.69) is 65.9 Å². The molecule has 3 heterocycles. The average molecular weight is 911 g/mol. The summed E-state index contributed by atoms with van der Waals surface area (Å²) >= 11 is 0. The van der Waals surface area contributed by atoms with Gasteiger partial charge in [0.1, 0.15) is 24.0 Å². The van der Waals surface area contributed by atoms with Crippen LogP contribution in [0.15, 0.2) is 194 Å². The highest BCUT2D eigenvalue weighted by Gasteiger charge is 2.32. The standard InChI is InChI=1S/C64H58N4O/c1-42(2)34-45-36-48(38-49(37-45)64(5,6)7)55-22-15-21-54(47-28-26-46(27-29-47)53-19-9-8-16-44(53)4)63(55)67-41-66(59-24-12-13-25-60(59)67)50-17-14-18-51(39-50)69-52-30-31-57-56-20-10-11-23-58(56)68(61(57)40-52)62-35-43(3)32-33-65-62/h8-33,35-40,42H,34,41H2,1-7H3/i3D3,4D3,10D,11D,20D,23D,34D2. The van der Waals surface area contributed by atoms with E-state index in [9.17, 15) is 2.74 Å². The van der Waals surface area contributed by atoms with Crippen LogP contribution in [0.1, 0.15) is 73.3 Å². The summed E-state index contributed by atoms with van der Waals surface area (Å²) in [5.74, 6) is 0.745. The fraction of sp³-hybridized carbons (Fsp3) is 0.172. The molecule has 0 fully saturated rings. The Morgan fingerprint density at radius 3 is 2.13 bits per heavy atom. The maximum Gasteiger partial charge on any atom is 0.137 e. The Labute approximate surface area is 423 Å². The number of hydrogen-bond acceptors (Lipinski definition) is 4. The summed E-state index contributed by atoms with van der Waals surface area (Å²) < 4.78 is 111. The molecule has 11 rings (SSSR count). The summed E-state index contributed by atoms with van der Waals surface area (Å²) in [6.45, 7) is 5.81. The minimum atomic E-state index is -2.46. The molecule has 1 aliphatic heterocycles. The van der Waals surface area contributed by atoms with Crippen molar-refractivity contribution in [3.63, 3.8) is 0 Å². The molecular formula is C64H58N4O. The van der Waals surface area contributed by atoms with Crippen LogP contribution >= 0.6 is 0 Å². The Balaban J connectivity index is 1.03. The molecule has 0 saturated carbocycles. The highest BCUT2D eigenvalue weighted by molar-refractivity contribution is 6.09. The summed E-state index contributed by atoms with van der Waals surface area (Å²) in [7, 11) is 0. The lowest BCUT2D eigenvalue weighted by atomic mass is 9.82. The smallest absolute Gasteiger partial charge is 0.137 e. The van der Waals surface area contributed by atoms with Gasteiger partial charge in [-0.05, 0) is 130 Å². The predicted octanol–water partition coefficient (Wildman–Crippen LogP) is 17.3. The molecule has 340 valence electrons. The first kappa shape index (κ1) is 32.0. The number of aryl methyl sites for hydroxylation is 2. The van der Waals surface area contributed by atoms with Crippen LogP contribution in [0.4, 0.5) is 22.7 Å². The van der Waals surface area contributed by atoms with Gasteiger partial charge in [0.15, 0.2) is 0 Å². The lowest BCUT2D eigenvalue weighted by Crippen LogP contribution is -2.25. The molecule has 0 N–H and O–H groups in total. The van der Waals surface area contributed by atoms with Gasteiger partial charge in [-0.3, -0.25) is 4.57 Å². The number of para-hydroxylation sites is 4. The fourth-order valence-corrected chi connectivity index (χ4v) is 9.51. The first-order valence-corrected chi connectivity index (χ1v) is 23.2. The number of benzene rings is 8. The van der Waals surface area contributed by atoms with Crippen molar-refractivity contribution in [1.82, 2.24) is 9.55 Å². The van der Waals surface area contributed by atoms with Crippen molar-refractivity contribution in [2.45, 2.75) is 60.1 Å². The number of anilines is 4. The van der Waals surface area contributed by atoms with Gasteiger partial charge < -0.3 is 14.5 Å². The Hall–Kier alpha value is -7.89. The molecule has 8 aromatic carbocycles. The summed E-state index contributed by atoms with van der Waals surface area (Å²) in [6.07, 6.45) is -0.259. The second-order valence-electron chi connectivity index (χ2n) is 18.9. The van der Waals surface area contributed by atoms with Gasteiger partial charge in [0.25, 0.3) is 0 Å². The molecule has 69 heavy (non-hydrogen) atoms. The molecule has 0 radical (unpaired) electrons. The van der Waals surface area contributed by atoms with Gasteiger partial charge in [0, 0.05) is 56.9 Å². The Morgan fingerprint density at radius 2 is 1.35 bits per heavy atom. The van der Waals surface area contributed by atoms with Crippen molar-refractivity contribution in [3.05, 3.63) is 216 Å². The molecule has 0 unspecified atom stereocenters. The maximum atomic E-state index is 9.35. The minimum absolute atomic E-state index is 0.0227. The van der Waals surface area contributed by atoms with Gasteiger partial charge in [-0.1, -0.05) is 156 Å². The number of ether oxygens (including phenoxy) is 1. The van der Waals surface area contributed by atoms with Crippen LogP contribution in [0, 0.1) is 19.6 Å². The van der Waals surface area contributed by atoms with E-state index in [0.29, 0.717) is 40.2 Å². The van der Waals surface area contributed by atoms with E-state index in [1.54, 1.807) is 34.9 Å². The zero-order valence-corrected chi connectivity index (χ0v) is 39.1. The van der Waals surface area contributed by atoms with Crippen LogP contribution in [0.25, 0.3) is 61.0 Å². The van der Waals surface area contributed by atoms with Crippen molar-refractivity contribution in [2.75, 3.05) is 16.5 Å². The van der Waals surface area contributed by atoms with E-state index in [0.717, 1.165) is 56.1 Å². The Bertz CT molecular complexity index is 4100. The Kier molecular flexibility index (Phi) is 8.17. The zero-order chi connectivity index (χ0) is 57.7. The van der Waals surface area contributed by atoms with Gasteiger partial charge in [0.05, 0.1) is 33.6 Å². The SMILES string of the molecule is [2H]c1c([2H])c([2H])c2c(c1[2H])c1ccc(Oc3cccc(N4CN(c5c(-c6ccc(-c7ccccc7C([2H])([2H])[2H])cc6)cccc5-c5cc(C(C)(C)C)cc(C([2H])([2H])C(C)C)c5)c5ccccc54)c3)cc1n2-c1cc(C([2H])([2H])[2H])ccn1. The first-order valence-electron chi connectivity index (χ1n) is 29.2. The molecule has 0 saturated heterocycles. The lowest BCUT2D eigenvalue weighted by Gasteiger charge is -2.28. The van der Waals surface area contributed by atoms with Gasteiger partial charge >= 0.3 is 0 Å². The zero-order valence-electron chi connectivity index (χ0n) is 51.1. The van der Waals surface area contributed by atoms with E-state index in [4.69, 9.17) is 18.4 Å². The van der Waals surface area contributed by atoms with Gasteiger partial charge in [-0.2, -0.15) is 0 Å². The largest absolute Gasteiger partial charge is 0.457 e. The number of pyridine rings is 1. The van der Waals surface area contributed by atoms with Crippen LogP contribution in [0.2, 0.25) is 0 Å². The molecule has 0 atom stereocenters.